The van der Waals surface area contributed by atoms with Gasteiger partial charge in [-0.05, 0) is 49.0 Å². The van der Waals surface area contributed by atoms with E-state index in [1.165, 1.54) is 6.07 Å². The maximum Gasteiger partial charge on any atom is 0.194 e. The van der Waals surface area contributed by atoms with Gasteiger partial charge in [-0.1, -0.05) is 26.8 Å². The van der Waals surface area contributed by atoms with E-state index < -0.39 is 23.5 Å². The summed E-state index contributed by atoms with van der Waals surface area (Å²) in [5.74, 6) is -2.97. The number of halogens is 3. The zero-order valence-electron chi connectivity index (χ0n) is 12.9. The van der Waals surface area contributed by atoms with Gasteiger partial charge in [0.05, 0.1) is 0 Å². The number of rotatable bonds is 2. The largest absolute Gasteiger partial charge is 0.324 e. The maximum absolute atomic E-state index is 13.8. The van der Waals surface area contributed by atoms with Gasteiger partial charge in [-0.15, -0.1) is 0 Å². The molecule has 2 rings (SSSR count). The third-order valence-corrected chi connectivity index (χ3v) is 4.93. The molecule has 118 valence electrons. The Morgan fingerprint density at radius 3 is 2.10 bits per heavy atom. The summed E-state index contributed by atoms with van der Waals surface area (Å²) in [4.78, 5) is 0. The van der Waals surface area contributed by atoms with Gasteiger partial charge in [-0.25, -0.2) is 13.2 Å². The van der Waals surface area contributed by atoms with Crippen LogP contribution in [0, 0.1) is 34.7 Å². The first kappa shape index (κ1) is 16.3. The van der Waals surface area contributed by atoms with Crippen LogP contribution < -0.4 is 5.73 Å². The fraction of sp³-hybridized carbons (Fsp3) is 0.647. The summed E-state index contributed by atoms with van der Waals surface area (Å²) in [5, 5.41) is 0. The molecule has 1 unspecified atom stereocenters. The van der Waals surface area contributed by atoms with Crippen molar-refractivity contribution in [3.63, 3.8) is 0 Å². The predicted molar refractivity (Wildman–Crippen MR) is 78.1 cm³/mol. The Hall–Kier alpha value is -1.03. The zero-order chi connectivity index (χ0) is 15.8. The summed E-state index contributed by atoms with van der Waals surface area (Å²) in [6.07, 6.45) is 3.91. The van der Waals surface area contributed by atoms with Gasteiger partial charge in [0.2, 0.25) is 0 Å². The van der Waals surface area contributed by atoms with Crippen LogP contribution in [0.3, 0.4) is 0 Å². The van der Waals surface area contributed by atoms with Crippen LogP contribution in [0.15, 0.2) is 12.1 Å². The molecule has 1 fully saturated rings. The minimum absolute atomic E-state index is 0.0908. The molecule has 1 aromatic carbocycles. The van der Waals surface area contributed by atoms with Crippen LogP contribution in [0.2, 0.25) is 0 Å². The summed E-state index contributed by atoms with van der Waals surface area (Å²) < 4.78 is 40.2. The van der Waals surface area contributed by atoms with Crippen molar-refractivity contribution in [2.45, 2.75) is 52.5 Å². The van der Waals surface area contributed by atoms with Gasteiger partial charge in [0, 0.05) is 11.6 Å². The van der Waals surface area contributed by atoms with Gasteiger partial charge < -0.3 is 5.73 Å². The molecule has 1 aromatic rings. The standard InChI is InChI=1S/C17H24F3N/c1-17(2,3)11-6-4-10(5-7-11)16(21)12-8-9-13(18)15(20)14(12)19/h8-11,16H,4-7,21H2,1-3H3. The molecule has 4 heteroatoms. The average molecular weight is 299 g/mol. The lowest BCUT2D eigenvalue weighted by Gasteiger charge is -2.38. The van der Waals surface area contributed by atoms with E-state index in [0.717, 1.165) is 31.7 Å². The molecule has 0 radical (unpaired) electrons. The molecule has 0 aliphatic heterocycles. The minimum Gasteiger partial charge on any atom is -0.324 e. The molecule has 2 N–H and O–H groups in total. The van der Waals surface area contributed by atoms with Gasteiger partial charge >= 0.3 is 0 Å². The molecule has 1 saturated carbocycles. The lowest BCUT2D eigenvalue weighted by Crippen LogP contribution is -2.31. The fourth-order valence-corrected chi connectivity index (χ4v) is 3.40. The smallest absolute Gasteiger partial charge is 0.194 e. The Kier molecular flexibility index (Phi) is 4.66. The Labute approximate surface area is 124 Å². The van der Waals surface area contributed by atoms with Crippen molar-refractivity contribution in [2.24, 2.45) is 23.0 Å². The third kappa shape index (κ3) is 3.42. The van der Waals surface area contributed by atoms with Crippen LogP contribution in [0.25, 0.3) is 0 Å². The molecule has 0 bridgehead atoms. The molecule has 0 heterocycles. The second-order valence-electron chi connectivity index (χ2n) is 7.27. The number of hydrogen-bond acceptors (Lipinski definition) is 1. The van der Waals surface area contributed by atoms with Crippen LogP contribution in [-0.2, 0) is 0 Å². The van der Waals surface area contributed by atoms with Crippen molar-refractivity contribution < 1.29 is 13.2 Å². The second kappa shape index (κ2) is 5.99. The van der Waals surface area contributed by atoms with E-state index in [9.17, 15) is 13.2 Å². The molecule has 21 heavy (non-hydrogen) atoms. The fourth-order valence-electron chi connectivity index (χ4n) is 3.40. The topological polar surface area (TPSA) is 26.0 Å². The Balaban J connectivity index is 2.09. The van der Waals surface area contributed by atoms with Gasteiger partial charge in [0.1, 0.15) is 0 Å². The highest BCUT2D eigenvalue weighted by atomic mass is 19.2. The van der Waals surface area contributed by atoms with Crippen LogP contribution in [0.5, 0.6) is 0 Å². The second-order valence-corrected chi connectivity index (χ2v) is 7.27. The van der Waals surface area contributed by atoms with E-state index in [2.05, 4.69) is 20.8 Å². The summed E-state index contributed by atoms with van der Waals surface area (Å²) in [7, 11) is 0. The lowest BCUT2D eigenvalue weighted by molar-refractivity contribution is 0.139. The summed E-state index contributed by atoms with van der Waals surface area (Å²) in [6.45, 7) is 6.69. The first-order valence-electron chi connectivity index (χ1n) is 7.60. The summed E-state index contributed by atoms with van der Waals surface area (Å²) in [6, 6.07) is 1.66. The molecule has 1 aliphatic rings. The summed E-state index contributed by atoms with van der Waals surface area (Å²) >= 11 is 0. The molecule has 0 aromatic heterocycles. The maximum atomic E-state index is 13.8. The Morgan fingerprint density at radius 1 is 1.00 bits per heavy atom. The van der Waals surface area contributed by atoms with Gasteiger partial charge in [-0.2, -0.15) is 0 Å². The normalized spacial score (nSPS) is 24.9. The van der Waals surface area contributed by atoms with Crippen molar-refractivity contribution >= 4 is 0 Å². The van der Waals surface area contributed by atoms with Crippen molar-refractivity contribution in [1.29, 1.82) is 0 Å². The monoisotopic (exact) mass is 299 g/mol. The van der Waals surface area contributed by atoms with E-state index in [1.807, 2.05) is 0 Å². The molecular formula is C17H24F3N. The van der Waals surface area contributed by atoms with Crippen molar-refractivity contribution in [2.75, 3.05) is 0 Å². The molecule has 1 aliphatic carbocycles. The molecule has 1 atom stereocenters. The Bertz CT molecular complexity index is 499. The number of benzene rings is 1. The highest BCUT2D eigenvalue weighted by Gasteiger charge is 2.33. The van der Waals surface area contributed by atoms with E-state index in [-0.39, 0.29) is 16.9 Å². The highest BCUT2D eigenvalue weighted by molar-refractivity contribution is 5.24. The van der Waals surface area contributed by atoms with E-state index in [4.69, 9.17) is 5.73 Å². The first-order chi connectivity index (χ1) is 9.71. The van der Waals surface area contributed by atoms with Crippen molar-refractivity contribution in [3.05, 3.63) is 35.1 Å². The van der Waals surface area contributed by atoms with E-state index in [1.54, 1.807) is 0 Å². The van der Waals surface area contributed by atoms with Gasteiger partial charge in [0.25, 0.3) is 0 Å². The van der Waals surface area contributed by atoms with Crippen molar-refractivity contribution in [1.82, 2.24) is 0 Å². The van der Waals surface area contributed by atoms with Crippen LogP contribution >= 0.6 is 0 Å². The average Bonchev–Trinajstić information content (AvgIpc) is 2.43. The summed E-state index contributed by atoms with van der Waals surface area (Å²) in [5.41, 5.74) is 6.47. The quantitative estimate of drug-likeness (QED) is 0.768. The SMILES string of the molecule is CC(C)(C)C1CCC(C(N)c2ccc(F)c(F)c2F)CC1. The van der Waals surface area contributed by atoms with Crippen LogP contribution in [0.4, 0.5) is 13.2 Å². The predicted octanol–water partition coefficient (Wildman–Crippen LogP) is 4.96. The zero-order valence-corrected chi connectivity index (χ0v) is 12.9. The Morgan fingerprint density at radius 2 is 1.57 bits per heavy atom. The van der Waals surface area contributed by atoms with Gasteiger partial charge in [0.15, 0.2) is 17.5 Å². The molecule has 0 amide bonds. The number of nitrogens with two attached hydrogens (primary N) is 1. The third-order valence-electron chi connectivity index (χ3n) is 4.93. The van der Waals surface area contributed by atoms with Crippen LogP contribution in [0.1, 0.15) is 58.1 Å². The molecular weight excluding hydrogens is 275 g/mol. The molecule has 1 nitrogen and oxygen atoms in total. The first-order valence-corrected chi connectivity index (χ1v) is 7.60. The molecule has 0 saturated heterocycles. The highest BCUT2D eigenvalue weighted by Crippen LogP contribution is 2.43. The van der Waals surface area contributed by atoms with Crippen LogP contribution in [-0.4, -0.2) is 0 Å². The van der Waals surface area contributed by atoms with Crippen molar-refractivity contribution in [3.8, 4) is 0 Å². The lowest BCUT2D eigenvalue weighted by atomic mass is 9.68. The van der Waals surface area contributed by atoms with E-state index in [0.29, 0.717) is 5.92 Å². The van der Waals surface area contributed by atoms with E-state index >= 15 is 0 Å². The molecule has 0 spiro atoms. The minimum atomic E-state index is -1.42. The van der Waals surface area contributed by atoms with Gasteiger partial charge in [-0.3, -0.25) is 0 Å². The number of hydrogen-bond donors (Lipinski definition) is 1.